The van der Waals surface area contributed by atoms with Crippen LogP contribution in [0.4, 0.5) is 5.69 Å². The van der Waals surface area contributed by atoms with E-state index >= 15 is 0 Å². The predicted octanol–water partition coefficient (Wildman–Crippen LogP) is 4.19. The van der Waals surface area contributed by atoms with Crippen molar-refractivity contribution < 1.29 is 27.9 Å². The number of esters is 1. The van der Waals surface area contributed by atoms with Gasteiger partial charge in [-0.2, -0.15) is 0 Å². The highest BCUT2D eigenvalue weighted by Crippen LogP contribution is 2.29. The van der Waals surface area contributed by atoms with Crippen LogP contribution in [0.5, 0.6) is 0 Å². The molecular formula is C32H38N4O6S. The number of nitrogens with zero attached hydrogens (tertiary/aromatic N) is 1. The number of aliphatic hydroxyl groups excluding tert-OH is 1. The van der Waals surface area contributed by atoms with Crippen LogP contribution in [0.2, 0.25) is 0 Å². The maximum absolute atomic E-state index is 13.0. The zero-order chi connectivity index (χ0) is 31.4. The summed E-state index contributed by atoms with van der Waals surface area (Å²) in [5.41, 5.74) is 8.68. The maximum Gasteiger partial charge on any atom is 0.355 e. The zero-order valence-corrected chi connectivity index (χ0v) is 25.6. The monoisotopic (exact) mass is 606 g/mol. The molecule has 0 bridgehead atoms. The number of hydrogen-bond acceptors (Lipinski definition) is 7. The number of aliphatic hydroxyl groups is 1. The van der Waals surface area contributed by atoms with Crippen molar-refractivity contribution >= 4 is 38.5 Å². The lowest BCUT2D eigenvalue weighted by atomic mass is 9.99. The Morgan fingerprint density at radius 1 is 1.02 bits per heavy atom. The van der Waals surface area contributed by atoms with Gasteiger partial charge in [0, 0.05) is 35.2 Å². The van der Waals surface area contributed by atoms with E-state index in [0.29, 0.717) is 29.9 Å². The third-order valence-electron chi connectivity index (χ3n) is 7.32. The Hall–Kier alpha value is -4.19. The number of β-amino-alcohol motifs (C(OH)–C–C–N with tert-alkyl or cyclic N) is 1. The minimum Gasteiger partial charge on any atom is -0.451 e. The number of carbonyl (C=O) groups excluding carboxylic acids is 2. The fraction of sp³-hybridized carbons (Fsp3) is 0.312. The van der Waals surface area contributed by atoms with Crippen LogP contribution in [-0.4, -0.2) is 48.7 Å². The normalized spacial score (nSPS) is 12.7. The van der Waals surface area contributed by atoms with Gasteiger partial charge < -0.3 is 25.5 Å². The summed E-state index contributed by atoms with van der Waals surface area (Å²) in [4.78, 5) is 24.4. The van der Waals surface area contributed by atoms with Gasteiger partial charge in [-0.1, -0.05) is 42.0 Å². The first-order chi connectivity index (χ1) is 20.3. The van der Waals surface area contributed by atoms with E-state index in [4.69, 9.17) is 10.5 Å². The van der Waals surface area contributed by atoms with E-state index in [1.807, 2.05) is 50.5 Å². The van der Waals surface area contributed by atoms with Crippen molar-refractivity contribution in [3.63, 3.8) is 0 Å². The van der Waals surface area contributed by atoms with Gasteiger partial charge in [0.05, 0.1) is 11.0 Å². The van der Waals surface area contributed by atoms with Crippen LogP contribution in [0.15, 0.2) is 77.7 Å². The minimum atomic E-state index is -3.76. The molecule has 0 fully saturated rings. The fourth-order valence-corrected chi connectivity index (χ4v) is 6.00. The van der Waals surface area contributed by atoms with Crippen LogP contribution >= 0.6 is 0 Å². The first kappa shape index (κ1) is 31.7. The molecule has 1 amide bonds. The Bertz CT molecular complexity index is 1730. The van der Waals surface area contributed by atoms with E-state index in [0.717, 1.165) is 22.0 Å². The topological polar surface area (TPSA) is 153 Å². The summed E-state index contributed by atoms with van der Waals surface area (Å²) in [6, 6.07) is 20.7. The number of ether oxygens (including phenoxy) is 1. The molecule has 228 valence electrons. The average Bonchev–Trinajstić information content (AvgIpc) is 3.24. The molecule has 3 aromatic carbocycles. The zero-order valence-electron chi connectivity index (χ0n) is 24.8. The highest BCUT2D eigenvalue weighted by atomic mass is 32.2. The Balaban J connectivity index is 1.45. The third kappa shape index (κ3) is 7.81. The molecule has 4 aromatic rings. The molecule has 5 N–H and O–H groups in total. The standard InChI is InChI=1S/C32H38N4O6S/c1-21-13-14-27-26(17-21)22(2)30(31(39)42-20-29(33)38)36(27)16-15-32(3,4)34-19-28(37)23-9-8-10-24(18-23)35-43(40,41)25-11-6-5-7-12-25/h5-14,17-18,28,34-35,37H,15-16,19-20H2,1-4H3,(H2,33,38). The van der Waals surface area contributed by atoms with Gasteiger partial charge in [-0.25, -0.2) is 13.2 Å². The summed E-state index contributed by atoms with van der Waals surface area (Å²) in [6.07, 6.45) is -0.318. The summed E-state index contributed by atoms with van der Waals surface area (Å²) in [6.45, 7) is 8.00. The quantitative estimate of drug-likeness (QED) is 0.167. The second-order valence-electron chi connectivity index (χ2n) is 11.3. The number of aromatic nitrogens is 1. The minimum absolute atomic E-state index is 0.148. The Morgan fingerprint density at radius 2 is 1.74 bits per heavy atom. The van der Waals surface area contributed by atoms with E-state index in [1.165, 1.54) is 12.1 Å². The summed E-state index contributed by atoms with van der Waals surface area (Å²) >= 11 is 0. The van der Waals surface area contributed by atoms with E-state index in [1.54, 1.807) is 42.5 Å². The van der Waals surface area contributed by atoms with Crippen molar-refractivity contribution in [1.29, 1.82) is 0 Å². The number of sulfonamides is 1. The van der Waals surface area contributed by atoms with Crippen LogP contribution in [0, 0.1) is 13.8 Å². The molecule has 1 atom stereocenters. The lowest BCUT2D eigenvalue weighted by molar-refractivity contribution is -0.121. The molecular weight excluding hydrogens is 568 g/mol. The van der Waals surface area contributed by atoms with Gasteiger partial charge in [0.1, 0.15) is 5.69 Å². The summed E-state index contributed by atoms with van der Waals surface area (Å²) < 4.78 is 35.1. The van der Waals surface area contributed by atoms with E-state index in [-0.39, 0.29) is 11.4 Å². The number of nitrogens with one attached hydrogen (secondary N) is 2. The number of hydrogen-bond donors (Lipinski definition) is 4. The molecule has 0 aliphatic carbocycles. The largest absolute Gasteiger partial charge is 0.451 e. The lowest BCUT2D eigenvalue weighted by Crippen LogP contribution is -2.42. The second-order valence-corrected chi connectivity index (χ2v) is 12.9. The number of fused-ring (bicyclic) bond motifs is 1. The maximum atomic E-state index is 13.0. The number of rotatable bonds is 13. The molecule has 0 radical (unpaired) electrons. The highest BCUT2D eigenvalue weighted by Gasteiger charge is 2.25. The number of anilines is 1. The van der Waals surface area contributed by atoms with Gasteiger partial charge in [0.2, 0.25) is 0 Å². The van der Waals surface area contributed by atoms with Crippen LogP contribution in [0.3, 0.4) is 0 Å². The molecule has 0 saturated carbocycles. The summed E-state index contributed by atoms with van der Waals surface area (Å²) in [7, 11) is -3.76. The number of aryl methyl sites for hydroxylation is 3. The molecule has 4 rings (SSSR count). The number of primary amides is 1. The summed E-state index contributed by atoms with van der Waals surface area (Å²) in [5, 5.41) is 15.3. The first-order valence-electron chi connectivity index (χ1n) is 13.9. The molecule has 0 saturated heterocycles. The number of carbonyl (C=O) groups is 2. The first-order valence-corrected chi connectivity index (χ1v) is 15.4. The lowest BCUT2D eigenvalue weighted by Gasteiger charge is -2.29. The van der Waals surface area contributed by atoms with Gasteiger partial charge >= 0.3 is 5.97 Å². The number of nitrogens with two attached hydrogens (primary N) is 1. The van der Waals surface area contributed by atoms with E-state index in [9.17, 15) is 23.1 Å². The van der Waals surface area contributed by atoms with Crippen molar-refractivity contribution in [2.45, 2.75) is 57.2 Å². The molecule has 10 nitrogen and oxygen atoms in total. The van der Waals surface area contributed by atoms with Crippen molar-refractivity contribution in [2.24, 2.45) is 5.73 Å². The predicted molar refractivity (Wildman–Crippen MR) is 166 cm³/mol. The Labute approximate surface area is 251 Å². The van der Waals surface area contributed by atoms with Gasteiger partial charge in [-0.05, 0) is 81.6 Å². The van der Waals surface area contributed by atoms with Crippen molar-refractivity contribution in [3.05, 3.63) is 95.2 Å². The van der Waals surface area contributed by atoms with Gasteiger partial charge in [-0.3, -0.25) is 9.52 Å². The number of amides is 1. The van der Waals surface area contributed by atoms with Crippen LogP contribution in [0.25, 0.3) is 10.9 Å². The Morgan fingerprint density at radius 3 is 2.44 bits per heavy atom. The number of benzene rings is 3. The van der Waals surface area contributed by atoms with Crippen molar-refractivity contribution in [1.82, 2.24) is 9.88 Å². The van der Waals surface area contributed by atoms with Gasteiger partial charge in [0.25, 0.3) is 15.9 Å². The van der Waals surface area contributed by atoms with Gasteiger partial charge in [-0.15, -0.1) is 0 Å². The SMILES string of the molecule is Cc1ccc2c(c1)c(C)c(C(=O)OCC(N)=O)n2CCC(C)(C)NCC(O)c1cccc(NS(=O)(=O)c2ccccc2)c1. The molecule has 11 heteroatoms. The molecule has 1 heterocycles. The van der Waals surface area contributed by atoms with E-state index < -0.39 is 40.1 Å². The van der Waals surface area contributed by atoms with Gasteiger partial charge in [0.15, 0.2) is 6.61 Å². The molecule has 0 aliphatic heterocycles. The van der Waals surface area contributed by atoms with Crippen molar-refractivity contribution in [2.75, 3.05) is 17.9 Å². The third-order valence-corrected chi connectivity index (χ3v) is 8.72. The second kappa shape index (κ2) is 13.0. The average molecular weight is 607 g/mol. The van der Waals surface area contributed by atoms with Crippen LogP contribution < -0.4 is 15.8 Å². The summed E-state index contributed by atoms with van der Waals surface area (Å²) in [5.74, 6) is -1.35. The Kier molecular flexibility index (Phi) is 9.59. The molecule has 0 aliphatic rings. The fourth-order valence-electron chi connectivity index (χ4n) is 4.93. The molecule has 43 heavy (non-hydrogen) atoms. The van der Waals surface area contributed by atoms with Crippen LogP contribution in [-0.2, 0) is 26.1 Å². The highest BCUT2D eigenvalue weighted by molar-refractivity contribution is 7.92. The molecule has 1 aromatic heterocycles. The smallest absolute Gasteiger partial charge is 0.355 e. The van der Waals surface area contributed by atoms with Crippen LogP contribution in [0.1, 0.15) is 53.6 Å². The molecule has 1 unspecified atom stereocenters. The molecule has 0 spiro atoms. The van der Waals surface area contributed by atoms with Crippen molar-refractivity contribution in [3.8, 4) is 0 Å². The van der Waals surface area contributed by atoms with E-state index in [2.05, 4.69) is 10.0 Å².